The van der Waals surface area contributed by atoms with Crippen molar-refractivity contribution in [2.45, 2.75) is 64.7 Å². The molecule has 3 atom stereocenters. The van der Waals surface area contributed by atoms with Crippen molar-refractivity contribution in [3.63, 3.8) is 0 Å². The second-order valence-corrected chi connectivity index (χ2v) is 6.23. The van der Waals surface area contributed by atoms with Crippen LogP contribution in [0.15, 0.2) is 11.6 Å². The second kappa shape index (κ2) is 3.64. The Bertz CT molecular complexity index is 276. The van der Waals surface area contributed by atoms with Gasteiger partial charge in [0.2, 0.25) is 0 Å². The molecule has 3 aliphatic carbocycles. The summed E-state index contributed by atoms with van der Waals surface area (Å²) >= 11 is 0. The molecule has 0 heterocycles. The maximum atomic E-state index is 2.59. The number of hydrogen-bond donors (Lipinski definition) is 0. The van der Waals surface area contributed by atoms with Crippen molar-refractivity contribution in [2.75, 3.05) is 0 Å². The summed E-state index contributed by atoms with van der Waals surface area (Å²) in [5, 5.41) is 0. The summed E-state index contributed by atoms with van der Waals surface area (Å²) in [6.07, 6.45) is 15.9. The fourth-order valence-corrected chi connectivity index (χ4v) is 4.68. The zero-order valence-electron chi connectivity index (χ0n) is 10.1. The van der Waals surface area contributed by atoms with E-state index in [1.807, 2.05) is 5.57 Å². The van der Waals surface area contributed by atoms with E-state index in [0.717, 1.165) is 11.8 Å². The third kappa shape index (κ3) is 1.48. The number of rotatable bonds is 0. The van der Waals surface area contributed by atoms with Crippen LogP contribution in [0, 0.1) is 17.3 Å². The second-order valence-electron chi connectivity index (χ2n) is 6.23. The van der Waals surface area contributed by atoms with Crippen molar-refractivity contribution in [1.29, 1.82) is 0 Å². The highest BCUT2D eigenvalue weighted by atomic mass is 14.5. The third-order valence-electron chi connectivity index (χ3n) is 5.54. The first-order valence-electron chi connectivity index (χ1n) is 7.00. The number of fused-ring (bicyclic) bond motifs is 3. The van der Waals surface area contributed by atoms with Crippen LogP contribution < -0.4 is 0 Å². The van der Waals surface area contributed by atoms with Gasteiger partial charge in [-0.25, -0.2) is 0 Å². The Labute approximate surface area is 94.1 Å². The van der Waals surface area contributed by atoms with E-state index < -0.39 is 0 Å². The van der Waals surface area contributed by atoms with Crippen LogP contribution in [0.25, 0.3) is 0 Å². The Kier molecular flexibility index (Phi) is 2.41. The van der Waals surface area contributed by atoms with Crippen molar-refractivity contribution >= 4 is 0 Å². The molecule has 0 saturated heterocycles. The van der Waals surface area contributed by atoms with Gasteiger partial charge in [0.25, 0.3) is 0 Å². The predicted octanol–water partition coefficient (Wildman–Crippen LogP) is 4.70. The molecule has 0 aromatic heterocycles. The normalized spacial score (nSPS) is 45.3. The molecule has 0 heteroatoms. The molecule has 0 spiro atoms. The smallest absolute Gasteiger partial charge is 0.00854 e. The molecule has 3 unspecified atom stereocenters. The van der Waals surface area contributed by atoms with Gasteiger partial charge in [-0.3, -0.25) is 0 Å². The SMILES string of the molecule is CC12CCCC=C1CCC1CCCCC12. The highest BCUT2D eigenvalue weighted by Gasteiger charge is 2.45. The lowest BCUT2D eigenvalue weighted by atomic mass is 9.53. The molecule has 0 N–H and O–H groups in total. The molecule has 0 aliphatic heterocycles. The van der Waals surface area contributed by atoms with Crippen LogP contribution in [0.5, 0.6) is 0 Å². The van der Waals surface area contributed by atoms with Gasteiger partial charge < -0.3 is 0 Å². The summed E-state index contributed by atoms with van der Waals surface area (Å²) in [6.45, 7) is 2.58. The standard InChI is InChI=1S/C15H24/c1-15-11-5-4-7-13(15)10-9-12-6-2-3-8-14(12)15/h7,12,14H,2-6,8-11H2,1H3. The maximum absolute atomic E-state index is 2.59. The van der Waals surface area contributed by atoms with Crippen LogP contribution in [-0.2, 0) is 0 Å². The monoisotopic (exact) mass is 204 g/mol. The fourth-order valence-electron chi connectivity index (χ4n) is 4.68. The molecule has 3 aliphatic rings. The lowest BCUT2D eigenvalue weighted by Crippen LogP contribution is -2.41. The average Bonchev–Trinajstić information content (AvgIpc) is 2.29. The van der Waals surface area contributed by atoms with Gasteiger partial charge >= 0.3 is 0 Å². The van der Waals surface area contributed by atoms with Crippen LogP contribution in [0.4, 0.5) is 0 Å². The minimum Gasteiger partial charge on any atom is -0.0848 e. The Balaban J connectivity index is 1.92. The van der Waals surface area contributed by atoms with E-state index in [0.29, 0.717) is 5.41 Å². The van der Waals surface area contributed by atoms with Crippen molar-refractivity contribution in [3.05, 3.63) is 11.6 Å². The summed E-state index contributed by atoms with van der Waals surface area (Å²) in [6, 6.07) is 0. The molecule has 84 valence electrons. The number of allylic oxidation sites excluding steroid dienone is 2. The van der Waals surface area contributed by atoms with Crippen LogP contribution >= 0.6 is 0 Å². The molecule has 0 amide bonds. The highest BCUT2D eigenvalue weighted by Crippen LogP contribution is 2.56. The Morgan fingerprint density at radius 1 is 1.13 bits per heavy atom. The minimum absolute atomic E-state index is 0.627. The van der Waals surface area contributed by atoms with E-state index in [-0.39, 0.29) is 0 Å². The van der Waals surface area contributed by atoms with E-state index in [1.165, 1.54) is 57.8 Å². The third-order valence-corrected chi connectivity index (χ3v) is 5.54. The van der Waals surface area contributed by atoms with E-state index in [2.05, 4.69) is 13.0 Å². The largest absolute Gasteiger partial charge is 0.0848 e. The summed E-state index contributed by atoms with van der Waals surface area (Å²) in [5.74, 6) is 2.13. The summed E-state index contributed by atoms with van der Waals surface area (Å²) in [4.78, 5) is 0. The molecule has 2 saturated carbocycles. The van der Waals surface area contributed by atoms with E-state index in [4.69, 9.17) is 0 Å². The van der Waals surface area contributed by atoms with Crippen LogP contribution in [0.3, 0.4) is 0 Å². The lowest BCUT2D eigenvalue weighted by molar-refractivity contribution is 0.0580. The highest BCUT2D eigenvalue weighted by molar-refractivity contribution is 5.21. The van der Waals surface area contributed by atoms with Crippen LogP contribution in [0.2, 0.25) is 0 Å². The van der Waals surface area contributed by atoms with Gasteiger partial charge in [-0.05, 0) is 55.8 Å². The summed E-state index contributed by atoms with van der Waals surface area (Å²) in [7, 11) is 0. The number of hydrogen-bond acceptors (Lipinski definition) is 0. The van der Waals surface area contributed by atoms with Gasteiger partial charge in [0.15, 0.2) is 0 Å². The molecule has 2 fully saturated rings. The van der Waals surface area contributed by atoms with Crippen molar-refractivity contribution in [1.82, 2.24) is 0 Å². The molecule has 15 heavy (non-hydrogen) atoms. The van der Waals surface area contributed by atoms with E-state index in [1.54, 1.807) is 0 Å². The van der Waals surface area contributed by atoms with Crippen LogP contribution in [-0.4, -0.2) is 0 Å². The van der Waals surface area contributed by atoms with Crippen LogP contribution in [0.1, 0.15) is 64.7 Å². The Morgan fingerprint density at radius 2 is 2.00 bits per heavy atom. The zero-order valence-corrected chi connectivity index (χ0v) is 10.1. The fraction of sp³-hybridized carbons (Fsp3) is 0.867. The van der Waals surface area contributed by atoms with E-state index >= 15 is 0 Å². The Hall–Kier alpha value is -0.260. The van der Waals surface area contributed by atoms with Gasteiger partial charge in [-0.1, -0.05) is 37.8 Å². The predicted molar refractivity (Wildman–Crippen MR) is 64.7 cm³/mol. The molecular weight excluding hydrogens is 180 g/mol. The van der Waals surface area contributed by atoms with Crippen molar-refractivity contribution < 1.29 is 0 Å². The Morgan fingerprint density at radius 3 is 2.93 bits per heavy atom. The topological polar surface area (TPSA) is 0 Å². The van der Waals surface area contributed by atoms with Gasteiger partial charge in [-0.15, -0.1) is 0 Å². The lowest BCUT2D eigenvalue weighted by Gasteiger charge is -2.52. The first kappa shape index (κ1) is 9.93. The molecule has 3 rings (SSSR count). The summed E-state index contributed by atoms with van der Waals surface area (Å²) in [5.41, 5.74) is 2.47. The summed E-state index contributed by atoms with van der Waals surface area (Å²) < 4.78 is 0. The molecule has 0 nitrogen and oxygen atoms in total. The van der Waals surface area contributed by atoms with Gasteiger partial charge in [0, 0.05) is 0 Å². The molecular formula is C15H24. The van der Waals surface area contributed by atoms with Crippen molar-refractivity contribution in [2.24, 2.45) is 17.3 Å². The first-order chi connectivity index (χ1) is 7.31. The molecule has 0 aromatic rings. The van der Waals surface area contributed by atoms with Crippen molar-refractivity contribution in [3.8, 4) is 0 Å². The average molecular weight is 204 g/mol. The van der Waals surface area contributed by atoms with Gasteiger partial charge in [0.1, 0.15) is 0 Å². The molecule has 0 bridgehead atoms. The zero-order chi connectivity index (χ0) is 10.3. The first-order valence-corrected chi connectivity index (χ1v) is 7.00. The maximum Gasteiger partial charge on any atom is -0.00854 e. The quantitative estimate of drug-likeness (QED) is 0.502. The minimum atomic E-state index is 0.627. The molecule has 0 radical (unpaired) electrons. The van der Waals surface area contributed by atoms with E-state index in [9.17, 15) is 0 Å². The van der Waals surface area contributed by atoms with Gasteiger partial charge in [0.05, 0.1) is 0 Å². The molecule has 0 aromatic carbocycles. The van der Waals surface area contributed by atoms with Gasteiger partial charge in [-0.2, -0.15) is 0 Å².